The number of carbonyl (C=O) groups is 3. The minimum absolute atomic E-state index is 0. The Hall–Kier alpha value is -1.03. The Kier molecular flexibility index (Phi) is 9.48. The minimum Gasteiger partial charge on any atom is -0.870 e. The zero-order valence-electron chi connectivity index (χ0n) is 7.37. The molecule has 0 radical (unpaired) electrons. The fourth-order valence-electron chi connectivity index (χ4n) is 0.691. The van der Waals surface area contributed by atoms with Crippen LogP contribution in [-0.4, -0.2) is 59.0 Å². The first-order valence-electron chi connectivity index (χ1n) is 3.13. The van der Waals surface area contributed by atoms with Crippen molar-refractivity contribution in [2.45, 2.75) is 18.4 Å². The Morgan fingerprint density at radius 1 is 1.07 bits per heavy atom. The molecular formula is C6H7GaO8. The van der Waals surface area contributed by atoms with Crippen molar-refractivity contribution < 1.29 is 40.3 Å². The molecule has 0 aromatic heterocycles. The zero-order valence-corrected chi connectivity index (χ0v) is 9.80. The van der Waals surface area contributed by atoms with Crippen LogP contribution in [0.25, 0.3) is 0 Å². The molecule has 9 heteroatoms. The minimum atomic E-state index is -2.86. The zero-order chi connectivity index (χ0) is 10.6. The number of rotatable bonds is 5. The van der Waals surface area contributed by atoms with Gasteiger partial charge in [0.1, 0.15) is 0 Å². The van der Waals surface area contributed by atoms with Gasteiger partial charge in [0.05, 0.1) is 0 Å². The maximum Gasteiger partial charge on any atom is 3.00 e. The summed E-state index contributed by atoms with van der Waals surface area (Å²) < 4.78 is 0. The molecule has 0 rings (SSSR count). The Morgan fingerprint density at radius 3 is 1.47 bits per heavy atom. The number of carbonyl (C=O) groups excluding carboxylic acids is 2. The molecule has 82 valence electrons. The molecule has 15 heavy (non-hydrogen) atoms. The van der Waals surface area contributed by atoms with Crippen LogP contribution in [0, 0.1) is 0 Å². The van der Waals surface area contributed by atoms with Crippen LogP contribution in [-0.2, 0) is 14.4 Å². The SMILES string of the molecule is O=C([O-])CC(O)(CC(=O)[O-])C(=O)O.[Ga+3].[OH-]. The van der Waals surface area contributed by atoms with E-state index in [1.54, 1.807) is 0 Å². The third-order valence-electron chi connectivity index (χ3n) is 1.27. The van der Waals surface area contributed by atoms with Gasteiger partial charge in [0.25, 0.3) is 0 Å². The molecule has 0 saturated carbocycles. The summed E-state index contributed by atoms with van der Waals surface area (Å²) in [6.45, 7) is 0. The van der Waals surface area contributed by atoms with Crippen LogP contribution in [0.5, 0.6) is 0 Å². The summed E-state index contributed by atoms with van der Waals surface area (Å²) in [5.41, 5.74) is -2.86. The van der Waals surface area contributed by atoms with E-state index in [0.717, 1.165) is 0 Å². The molecule has 0 aliphatic rings. The number of carboxylic acids is 3. The first kappa shape index (κ1) is 19.5. The van der Waals surface area contributed by atoms with Crippen LogP contribution < -0.4 is 10.2 Å². The Balaban J connectivity index is -0.000000720. The van der Waals surface area contributed by atoms with Gasteiger partial charge in [-0.2, -0.15) is 0 Å². The second kappa shape index (κ2) is 7.28. The molecule has 0 fully saturated rings. The average molecular weight is 277 g/mol. The third kappa shape index (κ3) is 6.96. The molecule has 3 N–H and O–H groups in total. The fraction of sp³-hybridized carbons (Fsp3) is 0.500. The van der Waals surface area contributed by atoms with Crippen LogP contribution in [0.2, 0.25) is 0 Å². The number of hydrogen-bond donors (Lipinski definition) is 2. The van der Waals surface area contributed by atoms with Crippen molar-refractivity contribution in [2.24, 2.45) is 0 Å². The summed E-state index contributed by atoms with van der Waals surface area (Å²) in [5, 5.41) is 37.2. The van der Waals surface area contributed by atoms with E-state index in [4.69, 9.17) is 10.2 Å². The number of hydrogen-bond acceptors (Lipinski definition) is 7. The predicted molar refractivity (Wildman–Crippen MR) is 39.5 cm³/mol. The van der Waals surface area contributed by atoms with Gasteiger partial charge >= 0.3 is 25.8 Å². The van der Waals surface area contributed by atoms with E-state index in [1.807, 2.05) is 0 Å². The van der Waals surface area contributed by atoms with Crippen molar-refractivity contribution in [1.82, 2.24) is 0 Å². The molecule has 0 aromatic carbocycles. The van der Waals surface area contributed by atoms with E-state index < -0.39 is 36.4 Å². The van der Waals surface area contributed by atoms with Gasteiger partial charge < -0.3 is 35.5 Å². The maximum atomic E-state index is 10.3. The van der Waals surface area contributed by atoms with Gasteiger partial charge in [-0.25, -0.2) is 4.79 Å². The van der Waals surface area contributed by atoms with Gasteiger partial charge in [-0.05, 0) is 0 Å². The van der Waals surface area contributed by atoms with Crippen LogP contribution >= 0.6 is 0 Å². The van der Waals surface area contributed by atoms with Gasteiger partial charge in [-0.3, -0.25) is 0 Å². The van der Waals surface area contributed by atoms with Gasteiger partial charge in [-0.1, -0.05) is 0 Å². The molecule has 0 atom stereocenters. The van der Waals surface area contributed by atoms with Crippen molar-refractivity contribution in [3.05, 3.63) is 0 Å². The molecule has 0 saturated heterocycles. The molecule has 0 amide bonds. The summed E-state index contributed by atoms with van der Waals surface area (Å²) in [7, 11) is 0. The monoisotopic (exact) mass is 276 g/mol. The van der Waals surface area contributed by atoms with E-state index in [9.17, 15) is 24.6 Å². The van der Waals surface area contributed by atoms with Gasteiger partial charge in [-0.15, -0.1) is 0 Å². The molecule has 0 aliphatic carbocycles. The van der Waals surface area contributed by atoms with E-state index in [2.05, 4.69) is 0 Å². The van der Waals surface area contributed by atoms with E-state index in [-0.39, 0.29) is 25.3 Å². The summed E-state index contributed by atoms with van der Waals surface area (Å²) in [4.78, 5) is 30.2. The largest absolute Gasteiger partial charge is 3.00 e. The molecule has 0 unspecified atom stereocenters. The Bertz CT molecular complexity index is 234. The van der Waals surface area contributed by atoms with Crippen molar-refractivity contribution in [1.29, 1.82) is 0 Å². The predicted octanol–water partition coefficient (Wildman–Crippen LogP) is -4.48. The average Bonchev–Trinajstić information content (AvgIpc) is 1.82. The van der Waals surface area contributed by atoms with Crippen LogP contribution in [0.1, 0.15) is 12.8 Å². The summed E-state index contributed by atoms with van der Waals surface area (Å²) >= 11 is 0. The van der Waals surface area contributed by atoms with Crippen molar-refractivity contribution in [3.8, 4) is 0 Å². The fourth-order valence-corrected chi connectivity index (χ4v) is 0.691. The van der Waals surface area contributed by atoms with Crippen molar-refractivity contribution in [3.63, 3.8) is 0 Å². The first-order valence-corrected chi connectivity index (χ1v) is 3.13. The summed E-state index contributed by atoms with van der Waals surface area (Å²) in [6.07, 6.45) is -2.59. The second-order valence-electron chi connectivity index (χ2n) is 2.43. The number of carboxylic acid groups (broad SMARTS) is 3. The van der Waals surface area contributed by atoms with Crippen LogP contribution in [0.3, 0.4) is 0 Å². The molecule has 0 heterocycles. The number of aliphatic carboxylic acids is 3. The number of aliphatic hydroxyl groups is 1. The maximum absolute atomic E-state index is 10.3. The second-order valence-corrected chi connectivity index (χ2v) is 2.43. The van der Waals surface area contributed by atoms with Gasteiger partial charge in [0.2, 0.25) is 0 Å². The van der Waals surface area contributed by atoms with Gasteiger partial charge in [0.15, 0.2) is 5.60 Å². The summed E-state index contributed by atoms with van der Waals surface area (Å²) in [6, 6.07) is 0. The van der Waals surface area contributed by atoms with E-state index >= 15 is 0 Å². The van der Waals surface area contributed by atoms with Crippen LogP contribution in [0.4, 0.5) is 0 Å². The molecule has 8 nitrogen and oxygen atoms in total. The van der Waals surface area contributed by atoms with E-state index in [1.165, 1.54) is 0 Å². The first-order chi connectivity index (χ1) is 5.78. The molecular weight excluding hydrogens is 270 g/mol. The molecule has 0 spiro atoms. The molecule has 0 aromatic rings. The topological polar surface area (TPSA) is 168 Å². The third-order valence-corrected chi connectivity index (χ3v) is 1.27. The normalized spacial score (nSPS) is 9.40. The van der Waals surface area contributed by atoms with Crippen molar-refractivity contribution in [2.75, 3.05) is 0 Å². The molecule has 0 bridgehead atoms. The Labute approximate surface area is 96.9 Å². The summed E-state index contributed by atoms with van der Waals surface area (Å²) in [5.74, 6) is -5.65. The van der Waals surface area contributed by atoms with Crippen molar-refractivity contribution >= 4 is 37.7 Å². The van der Waals surface area contributed by atoms with Gasteiger partial charge in [0, 0.05) is 24.8 Å². The Morgan fingerprint density at radius 2 is 1.33 bits per heavy atom. The standard InChI is InChI=1S/C6H8O7.Ga.H2O/c7-3(8)1-6(13,5(11)12)2-4(9)10;;/h13H,1-2H2,(H,7,8)(H,9,10)(H,11,12);;1H2/q;+3;/p-3. The van der Waals surface area contributed by atoms with Crippen LogP contribution in [0.15, 0.2) is 0 Å². The quantitative estimate of drug-likeness (QED) is 0.474. The smallest absolute Gasteiger partial charge is 0.870 e. The van der Waals surface area contributed by atoms with E-state index in [0.29, 0.717) is 0 Å². The molecule has 0 aliphatic heterocycles.